The molecule has 28 heavy (non-hydrogen) atoms. The zero-order chi connectivity index (χ0) is 20.1. The molecule has 1 amide bonds. The third-order valence-electron chi connectivity index (χ3n) is 5.32. The number of nitriles is 1. The average Bonchev–Trinajstić information content (AvgIpc) is 3.20. The maximum absolute atomic E-state index is 12.8. The molecule has 0 saturated carbocycles. The van der Waals surface area contributed by atoms with E-state index in [4.69, 9.17) is 5.26 Å². The molecule has 2 aromatic rings. The van der Waals surface area contributed by atoms with Gasteiger partial charge >= 0.3 is 0 Å². The number of carbonyl (C=O) groups excluding carboxylic acids is 1. The predicted octanol–water partition coefficient (Wildman–Crippen LogP) is 3.86. The number of rotatable bonds is 5. The van der Waals surface area contributed by atoms with Crippen LogP contribution in [-0.4, -0.2) is 41.5 Å². The fourth-order valence-corrected chi connectivity index (χ4v) is 3.45. The molecule has 0 aliphatic carbocycles. The largest absolute Gasteiger partial charge is 0.347 e. The molecule has 5 nitrogen and oxygen atoms in total. The summed E-state index contributed by atoms with van der Waals surface area (Å²) >= 11 is 0. The van der Waals surface area contributed by atoms with Crippen molar-refractivity contribution in [3.8, 4) is 17.3 Å². The van der Waals surface area contributed by atoms with Gasteiger partial charge in [0.25, 0.3) is 5.91 Å². The van der Waals surface area contributed by atoms with Crippen LogP contribution >= 0.6 is 0 Å². The standard InChI is InChI=1S/C23H28N4O/c1-23(2,3)21(16-27-12-4-5-13-27)26-22(28)19-8-6-18(7-9-19)20-14-17(15-24)10-11-25-20/h6-11,14,21H,4-5,12-13,16H2,1-3H3,(H,26,28)/t21-/m0/s1. The molecule has 0 spiro atoms. The van der Waals surface area contributed by atoms with Gasteiger partial charge in [-0.1, -0.05) is 32.9 Å². The van der Waals surface area contributed by atoms with E-state index in [2.05, 4.69) is 42.0 Å². The Morgan fingerprint density at radius 3 is 2.50 bits per heavy atom. The number of hydrogen-bond acceptors (Lipinski definition) is 4. The van der Waals surface area contributed by atoms with E-state index in [-0.39, 0.29) is 17.4 Å². The number of pyridine rings is 1. The Bertz CT molecular complexity index is 855. The average molecular weight is 377 g/mol. The van der Waals surface area contributed by atoms with Crippen LogP contribution in [0.2, 0.25) is 0 Å². The summed E-state index contributed by atoms with van der Waals surface area (Å²) in [5.74, 6) is -0.0515. The van der Waals surface area contributed by atoms with E-state index in [0.29, 0.717) is 11.1 Å². The fourth-order valence-electron chi connectivity index (χ4n) is 3.45. The minimum Gasteiger partial charge on any atom is -0.347 e. The van der Waals surface area contributed by atoms with Gasteiger partial charge < -0.3 is 10.2 Å². The molecule has 1 N–H and O–H groups in total. The molecule has 1 aliphatic rings. The Morgan fingerprint density at radius 1 is 1.21 bits per heavy atom. The quantitative estimate of drug-likeness (QED) is 0.860. The van der Waals surface area contributed by atoms with Crippen molar-refractivity contribution in [2.45, 2.75) is 39.7 Å². The molecule has 0 radical (unpaired) electrons. The molecule has 0 unspecified atom stereocenters. The molecule has 1 atom stereocenters. The maximum atomic E-state index is 12.8. The van der Waals surface area contributed by atoms with Crippen LogP contribution in [0.4, 0.5) is 0 Å². The molecular weight excluding hydrogens is 348 g/mol. The van der Waals surface area contributed by atoms with Crippen molar-refractivity contribution in [2.75, 3.05) is 19.6 Å². The number of carbonyl (C=O) groups is 1. The van der Waals surface area contributed by atoms with Gasteiger partial charge in [-0.25, -0.2) is 0 Å². The number of nitrogens with zero attached hydrogens (tertiary/aromatic N) is 3. The van der Waals surface area contributed by atoms with Crippen molar-refractivity contribution >= 4 is 5.91 Å². The Hall–Kier alpha value is -2.71. The normalized spacial score (nSPS) is 15.8. The number of aromatic nitrogens is 1. The van der Waals surface area contributed by atoms with Crippen LogP contribution in [0.15, 0.2) is 42.6 Å². The van der Waals surface area contributed by atoms with Gasteiger partial charge in [-0.15, -0.1) is 0 Å². The molecule has 1 aromatic carbocycles. The van der Waals surface area contributed by atoms with Crippen LogP contribution in [-0.2, 0) is 0 Å². The van der Waals surface area contributed by atoms with Gasteiger partial charge in [0, 0.05) is 29.9 Å². The van der Waals surface area contributed by atoms with E-state index in [0.717, 1.165) is 30.9 Å². The van der Waals surface area contributed by atoms with Crippen LogP contribution in [0.1, 0.15) is 49.5 Å². The summed E-state index contributed by atoms with van der Waals surface area (Å²) in [5.41, 5.74) is 2.81. The number of likely N-dealkylation sites (tertiary alicyclic amines) is 1. The van der Waals surface area contributed by atoms with Gasteiger partial charge in [-0.05, 0) is 55.6 Å². The summed E-state index contributed by atoms with van der Waals surface area (Å²) < 4.78 is 0. The molecule has 1 aromatic heterocycles. The SMILES string of the molecule is CC(C)(C)[C@H](CN1CCCC1)NC(=O)c1ccc(-c2cc(C#N)ccn2)cc1. The Balaban J connectivity index is 1.71. The lowest BCUT2D eigenvalue weighted by molar-refractivity contribution is 0.0878. The lowest BCUT2D eigenvalue weighted by Crippen LogP contribution is -2.50. The lowest BCUT2D eigenvalue weighted by atomic mass is 9.86. The van der Waals surface area contributed by atoms with Gasteiger partial charge in [0.2, 0.25) is 0 Å². The summed E-state index contributed by atoms with van der Waals surface area (Å²) in [6.45, 7) is 9.64. The lowest BCUT2D eigenvalue weighted by Gasteiger charge is -2.34. The Kier molecular flexibility index (Phi) is 6.11. The monoisotopic (exact) mass is 376 g/mol. The molecule has 146 valence electrons. The molecule has 0 bridgehead atoms. The smallest absolute Gasteiger partial charge is 0.251 e. The molecule has 2 heterocycles. The van der Waals surface area contributed by atoms with Crippen LogP contribution in [0.25, 0.3) is 11.3 Å². The first-order chi connectivity index (χ1) is 13.4. The molecule has 1 fully saturated rings. The van der Waals surface area contributed by atoms with Gasteiger partial charge in [0.1, 0.15) is 0 Å². The van der Waals surface area contributed by atoms with Gasteiger partial charge in [-0.3, -0.25) is 9.78 Å². The first kappa shape index (κ1) is 20.0. The van der Waals surface area contributed by atoms with E-state index < -0.39 is 0 Å². The highest BCUT2D eigenvalue weighted by Gasteiger charge is 2.29. The molecule has 5 heteroatoms. The highest BCUT2D eigenvalue weighted by Crippen LogP contribution is 2.23. The Morgan fingerprint density at radius 2 is 1.89 bits per heavy atom. The summed E-state index contributed by atoms with van der Waals surface area (Å²) in [5, 5.41) is 12.3. The fraction of sp³-hybridized carbons (Fsp3) is 0.435. The molecular formula is C23H28N4O. The summed E-state index contributed by atoms with van der Waals surface area (Å²) in [6.07, 6.45) is 4.11. The van der Waals surface area contributed by atoms with Crippen LogP contribution in [0, 0.1) is 16.7 Å². The third kappa shape index (κ3) is 4.96. The second-order valence-electron chi connectivity index (χ2n) is 8.52. The highest BCUT2D eigenvalue weighted by atomic mass is 16.1. The minimum atomic E-state index is -0.0515. The van der Waals surface area contributed by atoms with Crippen LogP contribution in [0.5, 0.6) is 0 Å². The number of amides is 1. The second-order valence-corrected chi connectivity index (χ2v) is 8.52. The van der Waals surface area contributed by atoms with Crippen molar-refractivity contribution in [1.82, 2.24) is 15.2 Å². The van der Waals surface area contributed by atoms with E-state index in [1.165, 1.54) is 12.8 Å². The third-order valence-corrected chi connectivity index (χ3v) is 5.32. The van der Waals surface area contributed by atoms with E-state index in [9.17, 15) is 4.79 Å². The van der Waals surface area contributed by atoms with Crippen molar-refractivity contribution in [2.24, 2.45) is 5.41 Å². The van der Waals surface area contributed by atoms with Crippen molar-refractivity contribution in [3.63, 3.8) is 0 Å². The van der Waals surface area contributed by atoms with E-state index in [1.54, 1.807) is 18.3 Å². The molecule has 3 rings (SSSR count). The van der Waals surface area contributed by atoms with Crippen molar-refractivity contribution in [1.29, 1.82) is 5.26 Å². The van der Waals surface area contributed by atoms with E-state index >= 15 is 0 Å². The summed E-state index contributed by atoms with van der Waals surface area (Å²) in [6, 6.07) is 13.0. The first-order valence-corrected chi connectivity index (χ1v) is 9.86. The second kappa shape index (κ2) is 8.53. The van der Waals surface area contributed by atoms with Gasteiger partial charge in [0.15, 0.2) is 0 Å². The number of nitrogens with one attached hydrogen (secondary N) is 1. The van der Waals surface area contributed by atoms with Gasteiger partial charge in [0.05, 0.1) is 17.3 Å². The van der Waals surface area contributed by atoms with Crippen LogP contribution in [0.3, 0.4) is 0 Å². The van der Waals surface area contributed by atoms with Crippen molar-refractivity contribution in [3.05, 3.63) is 53.7 Å². The van der Waals surface area contributed by atoms with Crippen molar-refractivity contribution < 1.29 is 4.79 Å². The Labute approximate surface area is 167 Å². The first-order valence-electron chi connectivity index (χ1n) is 9.86. The number of hydrogen-bond donors (Lipinski definition) is 1. The maximum Gasteiger partial charge on any atom is 0.251 e. The zero-order valence-electron chi connectivity index (χ0n) is 16.9. The van der Waals surface area contributed by atoms with E-state index in [1.807, 2.05) is 24.3 Å². The summed E-state index contributed by atoms with van der Waals surface area (Å²) in [7, 11) is 0. The molecule has 1 saturated heterocycles. The molecule has 1 aliphatic heterocycles. The highest BCUT2D eigenvalue weighted by molar-refractivity contribution is 5.94. The summed E-state index contributed by atoms with van der Waals surface area (Å²) in [4.78, 5) is 19.6. The van der Waals surface area contributed by atoms with Crippen LogP contribution < -0.4 is 5.32 Å². The zero-order valence-corrected chi connectivity index (χ0v) is 16.9. The van der Waals surface area contributed by atoms with Gasteiger partial charge in [-0.2, -0.15) is 5.26 Å². The number of benzene rings is 1. The predicted molar refractivity (Wildman–Crippen MR) is 111 cm³/mol. The topological polar surface area (TPSA) is 69.0 Å². The minimum absolute atomic E-state index is 0.0140.